The van der Waals surface area contributed by atoms with E-state index in [1.165, 1.54) is 19.4 Å². The van der Waals surface area contributed by atoms with Crippen LogP contribution in [0.4, 0.5) is 0 Å². The summed E-state index contributed by atoms with van der Waals surface area (Å²) in [5.74, 6) is 0. The van der Waals surface area contributed by atoms with E-state index in [0.29, 0.717) is 18.1 Å². The molecule has 0 aliphatic carbocycles. The Kier molecular flexibility index (Phi) is 8.04. The van der Waals surface area contributed by atoms with E-state index in [-0.39, 0.29) is 0 Å². The molecule has 0 radical (unpaired) electrons. The predicted octanol–water partition coefficient (Wildman–Crippen LogP) is 3.23. The summed E-state index contributed by atoms with van der Waals surface area (Å²) in [6, 6.07) is 2.00. The van der Waals surface area contributed by atoms with Crippen molar-refractivity contribution in [2.75, 3.05) is 20.1 Å². The summed E-state index contributed by atoms with van der Waals surface area (Å²) in [5, 5.41) is 0. The molecule has 0 bridgehead atoms. The van der Waals surface area contributed by atoms with Crippen LogP contribution in [0.25, 0.3) is 0 Å². The van der Waals surface area contributed by atoms with Gasteiger partial charge in [0.2, 0.25) is 0 Å². The Balaban J connectivity index is 4.41. The largest absolute Gasteiger partial charge is 0.300 e. The second-order valence-corrected chi connectivity index (χ2v) is 5.38. The third kappa shape index (κ3) is 5.31. The molecule has 0 aromatic carbocycles. The van der Waals surface area contributed by atoms with Crippen molar-refractivity contribution in [3.8, 4) is 0 Å². The Bertz CT molecular complexity index is 160. The number of hydrogen-bond acceptors (Lipinski definition) is 2. The van der Waals surface area contributed by atoms with Gasteiger partial charge in [0.05, 0.1) is 0 Å². The molecular formula is C14H32N2. The van der Waals surface area contributed by atoms with E-state index in [2.05, 4.69) is 58.4 Å². The Hall–Kier alpha value is -0.0800. The summed E-state index contributed by atoms with van der Waals surface area (Å²) in [6.45, 7) is 16.1. The van der Waals surface area contributed by atoms with Gasteiger partial charge in [-0.1, -0.05) is 20.3 Å². The molecular weight excluding hydrogens is 196 g/mol. The summed E-state index contributed by atoms with van der Waals surface area (Å²) < 4.78 is 0. The Morgan fingerprint density at radius 1 is 0.938 bits per heavy atom. The highest BCUT2D eigenvalue weighted by atomic mass is 15.2. The lowest BCUT2D eigenvalue weighted by molar-refractivity contribution is 0.115. The second-order valence-electron chi connectivity index (χ2n) is 5.38. The van der Waals surface area contributed by atoms with E-state index >= 15 is 0 Å². The number of likely N-dealkylation sites (N-methyl/N-ethyl adjacent to an activating group) is 2. The Labute approximate surface area is 103 Å². The molecule has 0 aliphatic heterocycles. The van der Waals surface area contributed by atoms with Crippen LogP contribution in [-0.4, -0.2) is 48.1 Å². The first-order valence-electron chi connectivity index (χ1n) is 6.89. The highest BCUT2D eigenvalue weighted by Gasteiger charge is 2.20. The molecule has 2 heteroatoms. The van der Waals surface area contributed by atoms with Crippen LogP contribution in [0.1, 0.15) is 54.4 Å². The standard InChI is InChI=1S/C14H32N2/c1-8-10-14(15(7)12(3)4)11-16(9-2)13(5)6/h12-14H,8-11H2,1-7H3. The van der Waals surface area contributed by atoms with E-state index in [9.17, 15) is 0 Å². The van der Waals surface area contributed by atoms with Gasteiger partial charge < -0.3 is 0 Å². The fraction of sp³-hybridized carbons (Fsp3) is 1.00. The summed E-state index contributed by atoms with van der Waals surface area (Å²) in [4.78, 5) is 5.09. The molecule has 2 nitrogen and oxygen atoms in total. The van der Waals surface area contributed by atoms with E-state index in [4.69, 9.17) is 0 Å². The van der Waals surface area contributed by atoms with Crippen molar-refractivity contribution in [1.29, 1.82) is 0 Å². The summed E-state index contributed by atoms with van der Waals surface area (Å²) in [5.41, 5.74) is 0. The van der Waals surface area contributed by atoms with Crippen LogP contribution in [0, 0.1) is 0 Å². The predicted molar refractivity (Wildman–Crippen MR) is 74.0 cm³/mol. The molecule has 0 N–H and O–H groups in total. The highest BCUT2D eigenvalue weighted by Crippen LogP contribution is 2.12. The summed E-state index contributed by atoms with van der Waals surface area (Å²) in [7, 11) is 2.26. The van der Waals surface area contributed by atoms with Crippen LogP contribution in [-0.2, 0) is 0 Å². The van der Waals surface area contributed by atoms with Gasteiger partial charge in [-0.15, -0.1) is 0 Å². The van der Waals surface area contributed by atoms with E-state index in [1.807, 2.05) is 0 Å². The maximum atomic E-state index is 2.57. The van der Waals surface area contributed by atoms with Crippen LogP contribution in [0.5, 0.6) is 0 Å². The molecule has 16 heavy (non-hydrogen) atoms. The smallest absolute Gasteiger partial charge is 0.0222 e. The summed E-state index contributed by atoms with van der Waals surface area (Å²) >= 11 is 0. The van der Waals surface area contributed by atoms with Gasteiger partial charge in [-0.2, -0.15) is 0 Å². The van der Waals surface area contributed by atoms with Crippen molar-refractivity contribution in [2.24, 2.45) is 0 Å². The third-order valence-corrected chi connectivity index (χ3v) is 3.59. The maximum absolute atomic E-state index is 2.57. The highest BCUT2D eigenvalue weighted by molar-refractivity contribution is 4.76. The van der Waals surface area contributed by atoms with Crippen LogP contribution >= 0.6 is 0 Å². The number of hydrogen-bond donors (Lipinski definition) is 0. The molecule has 0 aromatic rings. The Morgan fingerprint density at radius 3 is 1.81 bits per heavy atom. The zero-order valence-corrected chi connectivity index (χ0v) is 12.5. The molecule has 0 aliphatic rings. The van der Waals surface area contributed by atoms with Crippen LogP contribution in [0.3, 0.4) is 0 Å². The van der Waals surface area contributed by atoms with Crippen LogP contribution in [0.15, 0.2) is 0 Å². The number of nitrogens with zero attached hydrogens (tertiary/aromatic N) is 2. The molecule has 1 atom stereocenters. The number of rotatable bonds is 8. The van der Waals surface area contributed by atoms with Gasteiger partial charge in [0.25, 0.3) is 0 Å². The molecule has 0 spiro atoms. The zero-order chi connectivity index (χ0) is 12.7. The molecule has 0 fully saturated rings. The monoisotopic (exact) mass is 228 g/mol. The molecule has 0 aromatic heterocycles. The minimum atomic E-state index is 0.641. The van der Waals surface area contributed by atoms with Crippen molar-refractivity contribution in [1.82, 2.24) is 9.80 Å². The van der Waals surface area contributed by atoms with Crippen molar-refractivity contribution >= 4 is 0 Å². The fourth-order valence-corrected chi connectivity index (χ4v) is 2.15. The van der Waals surface area contributed by atoms with Crippen LogP contribution in [0.2, 0.25) is 0 Å². The maximum Gasteiger partial charge on any atom is 0.0222 e. The first-order chi connectivity index (χ1) is 7.43. The zero-order valence-electron chi connectivity index (χ0n) is 12.5. The topological polar surface area (TPSA) is 6.48 Å². The van der Waals surface area contributed by atoms with Gasteiger partial charge in [0, 0.05) is 24.7 Å². The average Bonchev–Trinajstić information content (AvgIpc) is 2.22. The quantitative estimate of drug-likeness (QED) is 0.629. The van der Waals surface area contributed by atoms with Crippen molar-refractivity contribution in [2.45, 2.75) is 72.5 Å². The Morgan fingerprint density at radius 2 is 1.50 bits per heavy atom. The first-order valence-corrected chi connectivity index (χ1v) is 6.89. The lowest BCUT2D eigenvalue weighted by atomic mass is 10.1. The van der Waals surface area contributed by atoms with Crippen molar-refractivity contribution < 1.29 is 0 Å². The normalized spacial score (nSPS) is 14.4. The average molecular weight is 228 g/mol. The van der Waals surface area contributed by atoms with E-state index < -0.39 is 0 Å². The van der Waals surface area contributed by atoms with Gasteiger partial charge in [0.1, 0.15) is 0 Å². The second kappa shape index (κ2) is 8.08. The van der Waals surface area contributed by atoms with E-state index in [1.54, 1.807) is 0 Å². The van der Waals surface area contributed by atoms with Crippen molar-refractivity contribution in [3.05, 3.63) is 0 Å². The molecule has 98 valence electrons. The molecule has 0 saturated heterocycles. The van der Waals surface area contributed by atoms with Gasteiger partial charge in [-0.3, -0.25) is 9.80 Å². The van der Waals surface area contributed by atoms with Gasteiger partial charge in [0.15, 0.2) is 0 Å². The lowest BCUT2D eigenvalue weighted by Crippen LogP contribution is -2.46. The van der Waals surface area contributed by atoms with E-state index in [0.717, 1.165) is 6.54 Å². The molecule has 0 rings (SSSR count). The fourth-order valence-electron chi connectivity index (χ4n) is 2.15. The molecule has 0 amide bonds. The van der Waals surface area contributed by atoms with Gasteiger partial charge in [-0.05, 0) is 47.7 Å². The minimum Gasteiger partial charge on any atom is -0.300 e. The molecule has 0 saturated carbocycles. The van der Waals surface area contributed by atoms with Gasteiger partial charge in [-0.25, -0.2) is 0 Å². The third-order valence-electron chi connectivity index (χ3n) is 3.59. The van der Waals surface area contributed by atoms with Gasteiger partial charge >= 0.3 is 0 Å². The minimum absolute atomic E-state index is 0.641. The lowest BCUT2D eigenvalue weighted by Gasteiger charge is -2.36. The summed E-state index contributed by atoms with van der Waals surface area (Å²) in [6.07, 6.45) is 2.58. The first kappa shape index (κ1) is 15.9. The van der Waals surface area contributed by atoms with Crippen LogP contribution < -0.4 is 0 Å². The molecule has 0 heterocycles. The SMILES string of the molecule is CCCC(CN(CC)C(C)C)N(C)C(C)C. The van der Waals surface area contributed by atoms with Crippen molar-refractivity contribution in [3.63, 3.8) is 0 Å². The molecule has 1 unspecified atom stereocenters.